The molecule has 2 fully saturated rings. The van der Waals surface area contributed by atoms with E-state index in [1.807, 2.05) is 24.3 Å². The first kappa shape index (κ1) is 24.2. The summed E-state index contributed by atoms with van der Waals surface area (Å²) in [5.74, 6) is 0.546. The lowest BCUT2D eigenvalue weighted by Crippen LogP contribution is -2.49. The first-order chi connectivity index (χ1) is 16.4. The summed E-state index contributed by atoms with van der Waals surface area (Å²) in [5, 5.41) is 6.01. The van der Waals surface area contributed by atoms with Gasteiger partial charge in [-0.3, -0.25) is 19.4 Å². The van der Waals surface area contributed by atoms with Gasteiger partial charge in [-0.1, -0.05) is 24.3 Å². The van der Waals surface area contributed by atoms with Crippen molar-refractivity contribution in [3.8, 4) is 5.75 Å². The molecule has 0 aliphatic carbocycles. The van der Waals surface area contributed by atoms with Crippen LogP contribution in [0.5, 0.6) is 5.75 Å². The van der Waals surface area contributed by atoms with E-state index in [1.54, 1.807) is 19.2 Å². The quantitative estimate of drug-likeness (QED) is 0.622. The van der Waals surface area contributed by atoms with Gasteiger partial charge in [0.15, 0.2) is 0 Å². The molecule has 0 radical (unpaired) electrons. The van der Waals surface area contributed by atoms with Gasteiger partial charge in [0.25, 0.3) is 0 Å². The number of likely N-dealkylation sites (tertiary alicyclic amines) is 1. The van der Waals surface area contributed by atoms with Crippen LogP contribution in [0.15, 0.2) is 48.5 Å². The highest BCUT2D eigenvalue weighted by molar-refractivity contribution is 5.83. The van der Waals surface area contributed by atoms with Crippen LogP contribution in [0.25, 0.3) is 0 Å². The fourth-order valence-corrected chi connectivity index (χ4v) is 4.98. The second-order valence-electron chi connectivity index (χ2n) is 9.13. The van der Waals surface area contributed by atoms with Gasteiger partial charge in [0, 0.05) is 44.7 Å². The van der Waals surface area contributed by atoms with Crippen LogP contribution < -0.4 is 15.4 Å². The SMILES string of the molecule is COc1ccc(CN2CC[C@@H]3[C@H]2C(=O)NC[C@H](CCC(=O)NCc2ccc(F)cc2)N3C)cc1. The summed E-state index contributed by atoms with van der Waals surface area (Å²) < 4.78 is 18.3. The van der Waals surface area contributed by atoms with Crippen LogP contribution in [0.2, 0.25) is 0 Å². The number of carbonyl (C=O) groups excluding carboxylic acids is 2. The molecule has 8 heteroatoms. The van der Waals surface area contributed by atoms with E-state index in [0.717, 1.165) is 29.8 Å². The smallest absolute Gasteiger partial charge is 0.239 e. The van der Waals surface area contributed by atoms with E-state index < -0.39 is 0 Å². The van der Waals surface area contributed by atoms with Crippen molar-refractivity contribution in [2.75, 3.05) is 27.2 Å². The maximum absolute atomic E-state index is 13.0. The van der Waals surface area contributed by atoms with E-state index in [2.05, 4.69) is 27.5 Å². The molecule has 34 heavy (non-hydrogen) atoms. The first-order valence-electron chi connectivity index (χ1n) is 11.8. The number of carbonyl (C=O) groups is 2. The van der Waals surface area contributed by atoms with Crippen molar-refractivity contribution >= 4 is 11.8 Å². The Morgan fingerprint density at radius 2 is 1.85 bits per heavy atom. The summed E-state index contributed by atoms with van der Waals surface area (Å²) in [5.41, 5.74) is 2.01. The lowest BCUT2D eigenvalue weighted by atomic mass is 10.0. The van der Waals surface area contributed by atoms with Gasteiger partial charge >= 0.3 is 0 Å². The van der Waals surface area contributed by atoms with Crippen LogP contribution in [0.3, 0.4) is 0 Å². The van der Waals surface area contributed by atoms with Gasteiger partial charge in [0.05, 0.1) is 7.11 Å². The molecule has 2 heterocycles. The largest absolute Gasteiger partial charge is 0.497 e. The molecule has 0 spiro atoms. The van der Waals surface area contributed by atoms with Crippen LogP contribution in [-0.4, -0.2) is 67.0 Å². The maximum Gasteiger partial charge on any atom is 0.239 e. The number of fused-ring (bicyclic) bond motifs is 1. The molecule has 0 saturated carbocycles. The zero-order valence-electron chi connectivity index (χ0n) is 19.8. The standard InChI is InChI=1S/C26H33FN4O3/c1-30-21(9-12-24(32)28-15-18-3-7-20(27)8-4-18)16-29-26(33)25-23(30)13-14-31(25)17-19-5-10-22(34-2)11-6-19/h3-8,10-11,21,23,25H,9,12-17H2,1-2H3,(H,28,32)(H,29,33)/t21-,23+,25-/m0/s1. The summed E-state index contributed by atoms with van der Waals surface area (Å²) >= 11 is 0. The predicted octanol–water partition coefficient (Wildman–Crippen LogP) is 2.30. The Bertz CT molecular complexity index is 983. The topological polar surface area (TPSA) is 73.9 Å². The number of nitrogens with one attached hydrogen (secondary N) is 2. The number of rotatable bonds is 8. The fraction of sp³-hybridized carbons (Fsp3) is 0.462. The Kier molecular flexibility index (Phi) is 7.80. The molecule has 2 saturated heterocycles. The van der Waals surface area contributed by atoms with Crippen LogP contribution in [-0.2, 0) is 22.7 Å². The second-order valence-corrected chi connectivity index (χ2v) is 9.13. The third-order valence-corrected chi connectivity index (χ3v) is 7.00. The number of likely N-dealkylation sites (N-methyl/N-ethyl adjacent to an activating group) is 1. The Morgan fingerprint density at radius 3 is 2.56 bits per heavy atom. The highest BCUT2D eigenvalue weighted by Crippen LogP contribution is 2.29. The van der Waals surface area contributed by atoms with E-state index in [0.29, 0.717) is 32.5 Å². The fourth-order valence-electron chi connectivity index (χ4n) is 4.98. The van der Waals surface area contributed by atoms with Crippen molar-refractivity contribution in [3.63, 3.8) is 0 Å². The summed E-state index contributed by atoms with van der Waals surface area (Å²) in [7, 11) is 3.72. The number of hydrogen-bond donors (Lipinski definition) is 2. The second kappa shape index (κ2) is 11.0. The van der Waals surface area contributed by atoms with E-state index in [1.165, 1.54) is 12.1 Å². The van der Waals surface area contributed by atoms with Crippen LogP contribution in [0.4, 0.5) is 4.39 Å². The number of halogens is 1. The maximum atomic E-state index is 13.0. The Balaban J connectivity index is 1.31. The van der Waals surface area contributed by atoms with Gasteiger partial charge < -0.3 is 15.4 Å². The summed E-state index contributed by atoms with van der Waals surface area (Å²) in [6, 6.07) is 14.1. The normalized spacial score (nSPS) is 23.1. The molecule has 0 bridgehead atoms. The average Bonchev–Trinajstić information content (AvgIpc) is 3.22. The molecule has 3 atom stereocenters. The van der Waals surface area contributed by atoms with Crippen molar-refractivity contribution in [3.05, 3.63) is 65.5 Å². The number of benzene rings is 2. The Morgan fingerprint density at radius 1 is 1.15 bits per heavy atom. The monoisotopic (exact) mass is 468 g/mol. The van der Waals surface area contributed by atoms with Gasteiger partial charge in [-0.15, -0.1) is 0 Å². The molecule has 2 aromatic carbocycles. The van der Waals surface area contributed by atoms with Crippen molar-refractivity contribution in [1.82, 2.24) is 20.4 Å². The molecule has 182 valence electrons. The van der Waals surface area contributed by atoms with Gasteiger partial charge in [0.1, 0.15) is 17.6 Å². The lowest BCUT2D eigenvalue weighted by Gasteiger charge is -2.33. The minimum atomic E-state index is -0.290. The molecule has 0 aromatic heterocycles. The predicted molar refractivity (Wildman–Crippen MR) is 128 cm³/mol. The van der Waals surface area contributed by atoms with Crippen LogP contribution in [0.1, 0.15) is 30.4 Å². The zero-order valence-corrected chi connectivity index (χ0v) is 19.8. The summed E-state index contributed by atoms with van der Waals surface area (Å²) in [6.07, 6.45) is 1.95. The molecule has 2 aliphatic heterocycles. The number of amides is 2. The highest BCUT2D eigenvalue weighted by atomic mass is 19.1. The Hall–Kier alpha value is -2.97. The molecule has 2 amide bonds. The third kappa shape index (κ3) is 5.74. The van der Waals surface area contributed by atoms with E-state index in [4.69, 9.17) is 4.74 Å². The molecular weight excluding hydrogens is 435 g/mol. The number of nitrogens with zero attached hydrogens (tertiary/aromatic N) is 2. The van der Waals surface area contributed by atoms with Crippen molar-refractivity contribution < 1.29 is 18.7 Å². The average molecular weight is 469 g/mol. The van der Waals surface area contributed by atoms with E-state index in [-0.39, 0.29) is 35.8 Å². The van der Waals surface area contributed by atoms with E-state index in [9.17, 15) is 14.0 Å². The van der Waals surface area contributed by atoms with Crippen molar-refractivity contribution in [2.24, 2.45) is 0 Å². The first-order valence-corrected chi connectivity index (χ1v) is 11.8. The van der Waals surface area contributed by atoms with Gasteiger partial charge in [-0.05, 0) is 55.3 Å². The lowest BCUT2D eigenvalue weighted by molar-refractivity contribution is -0.126. The molecule has 2 aliphatic rings. The highest BCUT2D eigenvalue weighted by Gasteiger charge is 2.44. The minimum absolute atomic E-state index is 0.0441. The van der Waals surface area contributed by atoms with Gasteiger partial charge in [0.2, 0.25) is 11.8 Å². The number of hydrogen-bond acceptors (Lipinski definition) is 5. The van der Waals surface area contributed by atoms with Gasteiger partial charge in [-0.25, -0.2) is 4.39 Å². The number of methoxy groups -OCH3 is 1. The number of ether oxygens (including phenoxy) is 1. The molecule has 2 N–H and O–H groups in total. The van der Waals surface area contributed by atoms with Crippen LogP contribution in [0, 0.1) is 5.82 Å². The third-order valence-electron chi connectivity index (χ3n) is 7.00. The van der Waals surface area contributed by atoms with Crippen molar-refractivity contribution in [1.29, 1.82) is 0 Å². The molecular formula is C26H33FN4O3. The molecule has 7 nitrogen and oxygen atoms in total. The Labute approximate surface area is 200 Å². The zero-order chi connectivity index (χ0) is 24.1. The summed E-state index contributed by atoms with van der Waals surface area (Å²) in [4.78, 5) is 29.9. The van der Waals surface area contributed by atoms with Crippen LogP contribution >= 0.6 is 0 Å². The summed E-state index contributed by atoms with van der Waals surface area (Å²) in [6.45, 7) is 2.47. The molecule has 4 rings (SSSR count). The molecule has 0 unspecified atom stereocenters. The van der Waals surface area contributed by atoms with Gasteiger partial charge in [-0.2, -0.15) is 0 Å². The minimum Gasteiger partial charge on any atom is -0.497 e. The van der Waals surface area contributed by atoms with E-state index >= 15 is 0 Å². The molecule has 2 aromatic rings. The van der Waals surface area contributed by atoms with Crippen molar-refractivity contribution in [2.45, 2.75) is 50.5 Å².